The lowest BCUT2D eigenvalue weighted by Gasteiger charge is -2.37. The third-order valence-corrected chi connectivity index (χ3v) is 7.44. The van der Waals surface area contributed by atoms with Crippen LogP contribution in [-0.4, -0.2) is 50.4 Å². The maximum atomic E-state index is 13.3. The first kappa shape index (κ1) is 20.2. The number of piperidine rings is 1. The second-order valence-corrected chi connectivity index (χ2v) is 9.47. The van der Waals surface area contributed by atoms with E-state index in [4.69, 9.17) is 0 Å². The summed E-state index contributed by atoms with van der Waals surface area (Å²) >= 11 is 0. The number of carbonyl (C=O) groups excluding carboxylic acids is 2. The van der Waals surface area contributed by atoms with Crippen LogP contribution in [0.5, 0.6) is 0 Å². The third kappa shape index (κ3) is 3.63. The molecular weight excluding hydrogens is 392 g/mol. The summed E-state index contributed by atoms with van der Waals surface area (Å²) in [5, 5.41) is 19.3. The number of aliphatic hydroxyl groups is 1. The molecule has 1 aliphatic heterocycles. The number of nitriles is 1. The van der Waals surface area contributed by atoms with Gasteiger partial charge in [0.1, 0.15) is 11.6 Å². The molecule has 0 unspecified atom stereocenters. The van der Waals surface area contributed by atoms with E-state index in [9.17, 15) is 20.0 Å². The van der Waals surface area contributed by atoms with Gasteiger partial charge < -0.3 is 14.6 Å². The molecule has 0 spiro atoms. The predicted molar refractivity (Wildman–Crippen MR) is 114 cm³/mol. The maximum Gasteiger partial charge on any atom is 0.290 e. The molecule has 0 bridgehead atoms. The van der Waals surface area contributed by atoms with Crippen molar-refractivity contribution in [2.45, 2.75) is 57.0 Å². The highest BCUT2D eigenvalue weighted by atomic mass is 16.3. The molecule has 2 aliphatic carbocycles. The lowest BCUT2D eigenvalue weighted by molar-refractivity contribution is -0.128. The van der Waals surface area contributed by atoms with Crippen LogP contribution in [0.2, 0.25) is 0 Å². The van der Waals surface area contributed by atoms with Crippen LogP contribution in [0.1, 0.15) is 72.6 Å². The number of aliphatic hydroxyl groups excluding tert-OH is 1. The number of nitrogens with zero attached hydrogens (tertiary/aromatic N) is 4. The summed E-state index contributed by atoms with van der Waals surface area (Å²) in [5.74, 6) is 0.968. The van der Waals surface area contributed by atoms with Crippen molar-refractivity contribution in [3.63, 3.8) is 0 Å². The minimum absolute atomic E-state index is 0.0108. The van der Waals surface area contributed by atoms with Gasteiger partial charge in [0.25, 0.3) is 5.91 Å². The molecule has 31 heavy (non-hydrogen) atoms. The van der Waals surface area contributed by atoms with Crippen LogP contribution in [0.4, 0.5) is 0 Å². The van der Waals surface area contributed by atoms with Gasteiger partial charge in [0.2, 0.25) is 0 Å². The number of amides is 1. The number of Topliss-reactive ketones (excluding diaryl/α,β-unsaturated/α-hetero) is 1. The Kier molecular flexibility index (Phi) is 5.05. The molecule has 2 heterocycles. The number of aryl methyl sites for hydroxylation is 1. The Hall–Kier alpha value is -2.72. The molecule has 7 nitrogen and oxygen atoms in total. The van der Waals surface area contributed by atoms with Crippen molar-refractivity contribution in [3.05, 3.63) is 29.1 Å². The Bertz CT molecular complexity index is 1090. The summed E-state index contributed by atoms with van der Waals surface area (Å²) in [5.41, 5.74) is 2.99. The van der Waals surface area contributed by atoms with Crippen LogP contribution in [0.3, 0.4) is 0 Å². The number of aromatic nitrogens is 2. The Balaban J connectivity index is 1.36. The molecule has 1 aromatic heterocycles. The zero-order valence-electron chi connectivity index (χ0n) is 17.9. The van der Waals surface area contributed by atoms with Crippen molar-refractivity contribution in [2.75, 3.05) is 13.1 Å². The van der Waals surface area contributed by atoms with E-state index in [1.54, 1.807) is 9.47 Å². The van der Waals surface area contributed by atoms with E-state index >= 15 is 0 Å². The monoisotopic (exact) mass is 420 g/mol. The summed E-state index contributed by atoms with van der Waals surface area (Å²) < 4.78 is 1.77. The molecular formula is C24H28N4O3. The summed E-state index contributed by atoms with van der Waals surface area (Å²) in [7, 11) is 1.81. The Morgan fingerprint density at radius 3 is 2.55 bits per heavy atom. The average Bonchev–Trinajstić information content (AvgIpc) is 3.57. The van der Waals surface area contributed by atoms with Crippen molar-refractivity contribution in [2.24, 2.45) is 18.9 Å². The summed E-state index contributed by atoms with van der Waals surface area (Å²) in [6, 6.07) is 6.18. The second-order valence-electron chi connectivity index (χ2n) is 9.47. The number of hydrogen-bond acceptors (Lipinski definition) is 5. The molecule has 2 aromatic rings. The minimum atomic E-state index is -0.249. The maximum absolute atomic E-state index is 13.3. The van der Waals surface area contributed by atoms with Crippen LogP contribution < -0.4 is 0 Å². The molecule has 1 aromatic carbocycles. The third-order valence-electron chi connectivity index (χ3n) is 7.44. The van der Waals surface area contributed by atoms with Gasteiger partial charge in [-0.05, 0) is 74.5 Å². The number of rotatable bonds is 3. The van der Waals surface area contributed by atoms with Crippen molar-refractivity contribution in [1.82, 2.24) is 14.5 Å². The van der Waals surface area contributed by atoms with Crippen molar-refractivity contribution < 1.29 is 14.7 Å². The fourth-order valence-corrected chi connectivity index (χ4v) is 5.40. The summed E-state index contributed by atoms with van der Waals surface area (Å²) in [6.07, 6.45) is 6.01. The van der Waals surface area contributed by atoms with Crippen LogP contribution in [0, 0.1) is 23.2 Å². The normalized spacial score (nSPS) is 26.8. The lowest BCUT2D eigenvalue weighted by Crippen LogP contribution is -2.47. The number of carbonyl (C=O) groups is 2. The molecule has 7 heteroatoms. The molecule has 0 radical (unpaired) electrons. The van der Waals surface area contributed by atoms with Gasteiger partial charge in [0, 0.05) is 19.5 Å². The highest BCUT2D eigenvalue weighted by Crippen LogP contribution is 2.41. The van der Waals surface area contributed by atoms with Gasteiger partial charge in [-0.1, -0.05) is 0 Å². The Morgan fingerprint density at radius 2 is 1.90 bits per heavy atom. The van der Waals surface area contributed by atoms with Crippen LogP contribution in [0.15, 0.2) is 12.1 Å². The molecule has 1 N–H and O–H groups in total. The molecule has 1 amide bonds. The first-order valence-corrected chi connectivity index (χ1v) is 11.4. The van der Waals surface area contributed by atoms with E-state index in [1.807, 2.05) is 19.2 Å². The zero-order chi connectivity index (χ0) is 21.7. The molecule has 3 aliphatic rings. The molecule has 1 atom stereocenters. The van der Waals surface area contributed by atoms with Crippen molar-refractivity contribution in [1.29, 1.82) is 5.26 Å². The van der Waals surface area contributed by atoms with Gasteiger partial charge in [0.15, 0.2) is 11.6 Å². The van der Waals surface area contributed by atoms with E-state index in [-0.39, 0.29) is 36.1 Å². The van der Waals surface area contributed by atoms with E-state index in [2.05, 4.69) is 11.1 Å². The first-order chi connectivity index (χ1) is 15.0. The van der Waals surface area contributed by atoms with Crippen LogP contribution in [-0.2, 0) is 11.8 Å². The van der Waals surface area contributed by atoms with E-state index in [1.165, 1.54) is 0 Å². The number of fused-ring (bicyclic) bond motifs is 1. The van der Waals surface area contributed by atoms with E-state index in [0.717, 1.165) is 49.6 Å². The number of benzene rings is 1. The molecule has 2 saturated carbocycles. The fraction of sp³-hybridized carbons (Fsp3) is 0.583. The highest BCUT2D eigenvalue weighted by Gasteiger charge is 2.37. The van der Waals surface area contributed by atoms with Gasteiger partial charge >= 0.3 is 0 Å². The standard InChI is InChI=1S/C24H28N4O3/c1-27-20-11-16(14-2-3-14)10-17(12-25)22(20)26-23(27)24(31)28-9-8-19(21(30)13-28)15-4-6-18(29)7-5-15/h10-11,14-15,18-19,29H,2-9,13H2,1H3/t15?,18?,19-/m1/s1. The number of ketones is 1. The second kappa shape index (κ2) is 7.76. The van der Waals surface area contributed by atoms with Crippen LogP contribution >= 0.6 is 0 Å². The Labute approximate surface area is 181 Å². The van der Waals surface area contributed by atoms with Crippen molar-refractivity contribution >= 4 is 22.7 Å². The smallest absolute Gasteiger partial charge is 0.290 e. The molecule has 5 rings (SSSR count). The van der Waals surface area contributed by atoms with Crippen LogP contribution in [0.25, 0.3) is 11.0 Å². The minimum Gasteiger partial charge on any atom is -0.393 e. The molecule has 3 fully saturated rings. The number of imidazole rings is 1. The fourth-order valence-electron chi connectivity index (χ4n) is 5.40. The first-order valence-electron chi connectivity index (χ1n) is 11.4. The summed E-state index contributed by atoms with van der Waals surface area (Å²) in [6.45, 7) is 0.653. The quantitative estimate of drug-likeness (QED) is 0.823. The molecule has 162 valence electrons. The van der Waals surface area contributed by atoms with Gasteiger partial charge in [-0.15, -0.1) is 0 Å². The lowest BCUT2D eigenvalue weighted by atomic mass is 9.74. The average molecular weight is 421 g/mol. The van der Waals surface area contributed by atoms with Gasteiger partial charge in [-0.3, -0.25) is 9.59 Å². The molecule has 1 saturated heterocycles. The largest absolute Gasteiger partial charge is 0.393 e. The number of hydrogen-bond donors (Lipinski definition) is 1. The highest BCUT2D eigenvalue weighted by molar-refractivity contribution is 5.98. The predicted octanol–water partition coefficient (Wildman–Crippen LogP) is 2.90. The Morgan fingerprint density at radius 1 is 1.16 bits per heavy atom. The summed E-state index contributed by atoms with van der Waals surface area (Å²) in [4.78, 5) is 32.3. The van der Waals surface area contributed by atoms with Gasteiger partial charge in [-0.2, -0.15) is 5.26 Å². The van der Waals surface area contributed by atoms with Crippen molar-refractivity contribution in [3.8, 4) is 6.07 Å². The van der Waals surface area contributed by atoms with E-state index in [0.29, 0.717) is 35.9 Å². The SMILES string of the molecule is Cn1c(C(=O)N2CC[C@H](C3CCC(O)CC3)C(=O)C2)nc2c(C#N)cc(C3CC3)cc21. The number of likely N-dealkylation sites (tertiary alicyclic amines) is 1. The van der Waals surface area contributed by atoms with Gasteiger partial charge in [-0.25, -0.2) is 4.98 Å². The van der Waals surface area contributed by atoms with E-state index < -0.39 is 0 Å². The topological polar surface area (TPSA) is 99.2 Å². The van der Waals surface area contributed by atoms with Gasteiger partial charge in [0.05, 0.1) is 23.7 Å². The zero-order valence-corrected chi connectivity index (χ0v) is 17.9.